The van der Waals surface area contributed by atoms with Crippen LogP contribution in [0.4, 0.5) is 5.95 Å². The number of piperidine rings is 1. The minimum atomic E-state index is 0.187. The molecule has 0 aliphatic carbocycles. The second-order valence-electron chi connectivity index (χ2n) is 6.23. The Labute approximate surface area is 142 Å². The van der Waals surface area contributed by atoms with Crippen molar-refractivity contribution in [1.82, 2.24) is 24.6 Å². The lowest BCUT2D eigenvalue weighted by Crippen LogP contribution is -2.46. The molecule has 0 radical (unpaired) electrons. The summed E-state index contributed by atoms with van der Waals surface area (Å²) in [5.41, 5.74) is 1.15. The first-order chi connectivity index (χ1) is 11.7. The summed E-state index contributed by atoms with van der Waals surface area (Å²) in [4.78, 5) is 22.8. The van der Waals surface area contributed by atoms with Gasteiger partial charge < -0.3 is 10.2 Å². The second-order valence-corrected chi connectivity index (χ2v) is 6.23. The number of carbonyl (C=O) groups is 1. The zero-order valence-corrected chi connectivity index (χ0v) is 14.1. The average Bonchev–Trinajstić information content (AvgIpc) is 3.01. The lowest BCUT2D eigenvalue weighted by Gasteiger charge is -2.36. The maximum Gasteiger partial charge on any atom is 0.224 e. The zero-order chi connectivity index (χ0) is 16.8. The fraction of sp³-hybridized carbons (Fsp3) is 0.529. The number of aromatic nitrogens is 4. The molecular formula is C17H24N6O. The van der Waals surface area contributed by atoms with Gasteiger partial charge >= 0.3 is 0 Å². The van der Waals surface area contributed by atoms with Crippen molar-refractivity contribution in [3.63, 3.8) is 0 Å². The van der Waals surface area contributed by atoms with E-state index in [2.05, 4.69) is 20.4 Å². The van der Waals surface area contributed by atoms with Crippen molar-refractivity contribution in [3.05, 3.63) is 36.4 Å². The summed E-state index contributed by atoms with van der Waals surface area (Å²) < 4.78 is 1.95. The maximum atomic E-state index is 12.6. The predicted molar refractivity (Wildman–Crippen MR) is 91.5 cm³/mol. The Hall–Kier alpha value is -2.44. The van der Waals surface area contributed by atoms with E-state index in [-0.39, 0.29) is 11.9 Å². The number of nitrogens with zero attached hydrogens (tertiary/aromatic N) is 5. The van der Waals surface area contributed by atoms with Crippen LogP contribution in [0.5, 0.6) is 0 Å². The highest BCUT2D eigenvalue weighted by atomic mass is 16.2. The van der Waals surface area contributed by atoms with Crippen molar-refractivity contribution in [3.8, 4) is 0 Å². The maximum absolute atomic E-state index is 12.6. The molecule has 2 aromatic heterocycles. The van der Waals surface area contributed by atoms with Gasteiger partial charge in [-0.15, -0.1) is 0 Å². The van der Waals surface area contributed by atoms with Crippen molar-refractivity contribution in [2.75, 3.05) is 18.4 Å². The van der Waals surface area contributed by atoms with E-state index < -0.39 is 0 Å². The summed E-state index contributed by atoms with van der Waals surface area (Å²) in [5, 5.41) is 7.45. The summed E-state index contributed by atoms with van der Waals surface area (Å²) in [5.74, 6) is 0.750. The van der Waals surface area contributed by atoms with E-state index in [0.717, 1.165) is 31.5 Å². The van der Waals surface area contributed by atoms with Gasteiger partial charge in [0.1, 0.15) is 0 Å². The van der Waals surface area contributed by atoms with Gasteiger partial charge in [-0.3, -0.25) is 9.48 Å². The van der Waals surface area contributed by atoms with Crippen LogP contribution < -0.4 is 5.32 Å². The Morgan fingerprint density at radius 2 is 2.17 bits per heavy atom. The molecule has 1 amide bonds. The number of rotatable bonds is 6. The summed E-state index contributed by atoms with van der Waals surface area (Å²) in [6.45, 7) is 4.19. The van der Waals surface area contributed by atoms with E-state index in [0.29, 0.717) is 18.9 Å². The van der Waals surface area contributed by atoms with Gasteiger partial charge in [-0.05, 0) is 37.8 Å². The van der Waals surface area contributed by atoms with E-state index in [1.54, 1.807) is 18.5 Å². The molecule has 128 valence electrons. The standard InChI is InChI=1S/C17H24N6O/c1-14-11-21-22(12-14)13-15-5-2-3-10-23(15)16(24)6-9-20-17-18-7-4-8-19-17/h4,7-8,11-12,15H,2-3,5-6,9-10,13H2,1H3,(H,18,19,20). The van der Waals surface area contributed by atoms with Crippen LogP contribution in [0.3, 0.4) is 0 Å². The number of anilines is 1. The minimum Gasteiger partial charge on any atom is -0.354 e. The molecule has 1 aliphatic rings. The molecule has 1 N–H and O–H groups in total. The number of carbonyl (C=O) groups excluding carboxylic acids is 1. The van der Waals surface area contributed by atoms with E-state index in [9.17, 15) is 4.79 Å². The van der Waals surface area contributed by atoms with Crippen LogP contribution in [-0.4, -0.2) is 49.7 Å². The van der Waals surface area contributed by atoms with E-state index >= 15 is 0 Å². The van der Waals surface area contributed by atoms with E-state index in [1.165, 1.54) is 6.42 Å². The third kappa shape index (κ3) is 4.31. The van der Waals surface area contributed by atoms with Crippen molar-refractivity contribution >= 4 is 11.9 Å². The minimum absolute atomic E-state index is 0.187. The molecule has 1 atom stereocenters. The molecule has 1 unspecified atom stereocenters. The average molecular weight is 328 g/mol. The Kier molecular flexibility index (Phi) is 5.40. The van der Waals surface area contributed by atoms with Gasteiger partial charge in [0.05, 0.1) is 18.8 Å². The van der Waals surface area contributed by atoms with Crippen molar-refractivity contribution in [2.45, 2.75) is 45.2 Å². The van der Waals surface area contributed by atoms with E-state index in [1.807, 2.05) is 28.9 Å². The number of amides is 1. The van der Waals surface area contributed by atoms with Crippen molar-refractivity contribution in [2.24, 2.45) is 0 Å². The summed E-state index contributed by atoms with van der Waals surface area (Å²) in [7, 11) is 0. The number of hydrogen-bond acceptors (Lipinski definition) is 5. The third-order valence-corrected chi connectivity index (χ3v) is 4.30. The highest BCUT2D eigenvalue weighted by Crippen LogP contribution is 2.19. The SMILES string of the molecule is Cc1cnn(CC2CCCCN2C(=O)CCNc2ncccn2)c1. The summed E-state index contributed by atoms with van der Waals surface area (Å²) in [6, 6.07) is 2.00. The summed E-state index contributed by atoms with van der Waals surface area (Å²) >= 11 is 0. The van der Waals surface area contributed by atoms with Crippen LogP contribution in [0.25, 0.3) is 0 Å². The van der Waals surface area contributed by atoms with Crippen molar-refractivity contribution < 1.29 is 4.79 Å². The topological polar surface area (TPSA) is 75.9 Å². The molecular weight excluding hydrogens is 304 g/mol. The van der Waals surface area contributed by atoms with Gasteiger partial charge in [0.15, 0.2) is 0 Å². The molecule has 0 bridgehead atoms. The Bertz CT molecular complexity index is 656. The molecule has 3 rings (SSSR count). The zero-order valence-electron chi connectivity index (χ0n) is 14.1. The molecule has 1 fully saturated rings. The van der Waals surface area contributed by atoms with Gasteiger partial charge in [-0.2, -0.15) is 5.10 Å². The first kappa shape index (κ1) is 16.4. The lowest BCUT2D eigenvalue weighted by atomic mass is 10.0. The predicted octanol–water partition coefficient (Wildman–Crippen LogP) is 1.86. The van der Waals surface area contributed by atoms with Crippen LogP contribution in [-0.2, 0) is 11.3 Å². The Balaban J connectivity index is 1.53. The highest BCUT2D eigenvalue weighted by molar-refractivity contribution is 5.77. The molecule has 0 spiro atoms. The second kappa shape index (κ2) is 7.90. The monoisotopic (exact) mass is 328 g/mol. The van der Waals surface area contributed by atoms with Crippen LogP contribution in [0.15, 0.2) is 30.9 Å². The van der Waals surface area contributed by atoms with Gasteiger partial charge in [0.2, 0.25) is 11.9 Å². The lowest BCUT2D eigenvalue weighted by molar-refractivity contribution is -0.134. The van der Waals surface area contributed by atoms with Gasteiger partial charge in [-0.25, -0.2) is 9.97 Å². The fourth-order valence-corrected chi connectivity index (χ4v) is 3.12. The van der Waals surface area contributed by atoms with E-state index in [4.69, 9.17) is 0 Å². The highest BCUT2D eigenvalue weighted by Gasteiger charge is 2.26. The molecule has 7 heteroatoms. The number of nitrogens with one attached hydrogen (secondary N) is 1. The molecule has 0 aromatic carbocycles. The summed E-state index contributed by atoms with van der Waals surface area (Å²) in [6.07, 6.45) is 11.0. The Morgan fingerprint density at radius 1 is 1.33 bits per heavy atom. The molecule has 1 saturated heterocycles. The largest absolute Gasteiger partial charge is 0.354 e. The van der Waals surface area contributed by atoms with Gasteiger partial charge in [0, 0.05) is 38.1 Å². The first-order valence-electron chi connectivity index (χ1n) is 8.52. The van der Waals surface area contributed by atoms with Gasteiger partial charge in [0.25, 0.3) is 0 Å². The normalized spacial score (nSPS) is 17.7. The van der Waals surface area contributed by atoms with Crippen LogP contribution in [0.1, 0.15) is 31.2 Å². The smallest absolute Gasteiger partial charge is 0.224 e. The molecule has 0 saturated carbocycles. The van der Waals surface area contributed by atoms with Crippen LogP contribution in [0.2, 0.25) is 0 Å². The van der Waals surface area contributed by atoms with Crippen LogP contribution in [0, 0.1) is 6.92 Å². The fourth-order valence-electron chi connectivity index (χ4n) is 3.12. The van der Waals surface area contributed by atoms with Crippen LogP contribution >= 0.6 is 0 Å². The first-order valence-corrected chi connectivity index (χ1v) is 8.52. The van der Waals surface area contributed by atoms with Crippen molar-refractivity contribution in [1.29, 1.82) is 0 Å². The number of likely N-dealkylation sites (tertiary alicyclic amines) is 1. The molecule has 7 nitrogen and oxygen atoms in total. The third-order valence-electron chi connectivity index (χ3n) is 4.30. The molecule has 3 heterocycles. The molecule has 1 aliphatic heterocycles. The number of aryl methyl sites for hydroxylation is 1. The molecule has 24 heavy (non-hydrogen) atoms. The van der Waals surface area contributed by atoms with Gasteiger partial charge in [-0.1, -0.05) is 0 Å². The molecule has 2 aromatic rings. The quantitative estimate of drug-likeness (QED) is 0.876. The Morgan fingerprint density at radius 3 is 2.92 bits per heavy atom. The number of hydrogen-bond donors (Lipinski definition) is 1.